The molecule has 1 saturated heterocycles. The Morgan fingerprint density at radius 2 is 2.57 bits per heavy atom. The molecule has 0 aromatic rings. The van der Waals surface area contributed by atoms with Gasteiger partial charge in [-0.2, -0.15) is 0 Å². The van der Waals surface area contributed by atoms with E-state index in [2.05, 4.69) is 18.9 Å². The summed E-state index contributed by atoms with van der Waals surface area (Å²) in [6.07, 6.45) is 1.52. The second kappa shape index (κ2) is 1.80. The molecule has 0 aromatic heterocycles. The van der Waals surface area contributed by atoms with E-state index in [1.54, 1.807) is 0 Å². The SMILES string of the molecule is CCC1OCN1C. The molecule has 1 unspecified atom stereocenters. The predicted molar refractivity (Wildman–Crippen MR) is 27.8 cm³/mol. The Hall–Kier alpha value is -0.0800. The van der Waals surface area contributed by atoms with E-state index in [1.807, 2.05) is 0 Å². The molecule has 7 heavy (non-hydrogen) atoms. The maximum absolute atomic E-state index is 5.12. The Morgan fingerprint density at radius 1 is 1.86 bits per heavy atom. The number of nitrogens with zero attached hydrogens (tertiary/aromatic N) is 1. The third-order valence-corrected chi connectivity index (χ3v) is 1.31. The lowest BCUT2D eigenvalue weighted by molar-refractivity contribution is -0.206. The molecule has 1 heterocycles. The van der Waals surface area contributed by atoms with Crippen LogP contribution in [0.2, 0.25) is 0 Å². The summed E-state index contributed by atoms with van der Waals surface area (Å²) >= 11 is 0. The Labute approximate surface area is 44.1 Å². The van der Waals surface area contributed by atoms with E-state index < -0.39 is 0 Å². The Bertz CT molecular complexity index is 63.1. The topological polar surface area (TPSA) is 12.5 Å². The molecule has 42 valence electrons. The van der Waals surface area contributed by atoms with Gasteiger partial charge in [0.25, 0.3) is 0 Å². The van der Waals surface area contributed by atoms with Crippen LogP contribution in [0.5, 0.6) is 0 Å². The van der Waals surface area contributed by atoms with E-state index in [0.29, 0.717) is 6.23 Å². The third-order valence-electron chi connectivity index (χ3n) is 1.31. The minimum absolute atomic E-state index is 0.417. The van der Waals surface area contributed by atoms with Crippen LogP contribution in [-0.4, -0.2) is 24.9 Å². The first-order chi connectivity index (χ1) is 3.34. The van der Waals surface area contributed by atoms with Crippen LogP contribution in [0.4, 0.5) is 0 Å². The van der Waals surface area contributed by atoms with Crippen LogP contribution in [0.3, 0.4) is 0 Å². The van der Waals surface area contributed by atoms with Crippen molar-refractivity contribution in [2.75, 3.05) is 13.8 Å². The average Bonchev–Trinajstić information content (AvgIpc) is 1.65. The molecular formula is C5H11NO. The molecule has 0 bridgehead atoms. The van der Waals surface area contributed by atoms with Crippen molar-refractivity contribution in [2.45, 2.75) is 19.6 Å². The van der Waals surface area contributed by atoms with E-state index >= 15 is 0 Å². The minimum atomic E-state index is 0.417. The Morgan fingerprint density at radius 3 is 2.57 bits per heavy atom. The maximum Gasteiger partial charge on any atom is 0.113 e. The molecule has 1 aliphatic heterocycles. The summed E-state index contributed by atoms with van der Waals surface area (Å²) in [6, 6.07) is 0. The van der Waals surface area contributed by atoms with Gasteiger partial charge in [-0.25, -0.2) is 0 Å². The van der Waals surface area contributed by atoms with Gasteiger partial charge >= 0.3 is 0 Å². The molecule has 1 aliphatic rings. The molecule has 1 fully saturated rings. The van der Waals surface area contributed by atoms with Gasteiger partial charge in [-0.1, -0.05) is 6.92 Å². The van der Waals surface area contributed by atoms with Crippen molar-refractivity contribution in [1.82, 2.24) is 4.90 Å². The van der Waals surface area contributed by atoms with Crippen LogP contribution in [0.1, 0.15) is 13.3 Å². The number of rotatable bonds is 1. The van der Waals surface area contributed by atoms with E-state index in [9.17, 15) is 0 Å². The molecule has 2 heteroatoms. The summed E-state index contributed by atoms with van der Waals surface area (Å²) in [5.41, 5.74) is 0. The molecule has 0 spiro atoms. The fraction of sp³-hybridized carbons (Fsp3) is 1.00. The number of ether oxygens (including phenoxy) is 1. The predicted octanol–water partition coefficient (Wildman–Crippen LogP) is 0.642. The highest BCUT2D eigenvalue weighted by atomic mass is 16.6. The van der Waals surface area contributed by atoms with Gasteiger partial charge in [0.1, 0.15) is 13.0 Å². The highest BCUT2D eigenvalue weighted by molar-refractivity contribution is 4.59. The van der Waals surface area contributed by atoms with Crippen molar-refractivity contribution in [3.8, 4) is 0 Å². The van der Waals surface area contributed by atoms with Crippen LogP contribution in [0.15, 0.2) is 0 Å². The zero-order valence-electron chi connectivity index (χ0n) is 4.85. The van der Waals surface area contributed by atoms with Gasteiger partial charge in [0.2, 0.25) is 0 Å². The average molecular weight is 101 g/mol. The Kier molecular flexibility index (Phi) is 1.30. The summed E-state index contributed by atoms with van der Waals surface area (Å²) in [7, 11) is 2.07. The zero-order chi connectivity index (χ0) is 5.28. The second-order valence-corrected chi connectivity index (χ2v) is 1.92. The summed E-state index contributed by atoms with van der Waals surface area (Å²) in [6.45, 7) is 2.94. The molecule has 1 atom stereocenters. The van der Waals surface area contributed by atoms with Crippen molar-refractivity contribution in [2.24, 2.45) is 0 Å². The quantitative estimate of drug-likeness (QED) is 0.480. The van der Waals surface area contributed by atoms with Gasteiger partial charge in [-0.3, -0.25) is 4.90 Å². The van der Waals surface area contributed by atoms with Gasteiger partial charge in [0, 0.05) is 0 Å². The maximum atomic E-state index is 5.12. The molecule has 0 aromatic carbocycles. The van der Waals surface area contributed by atoms with E-state index in [4.69, 9.17) is 4.74 Å². The molecule has 0 aliphatic carbocycles. The van der Waals surface area contributed by atoms with E-state index in [1.165, 1.54) is 0 Å². The summed E-state index contributed by atoms with van der Waals surface area (Å²) in [4.78, 5) is 2.18. The van der Waals surface area contributed by atoms with Crippen molar-refractivity contribution >= 4 is 0 Å². The first-order valence-electron chi connectivity index (χ1n) is 2.66. The minimum Gasteiger partial charge on any atom is -0.348 e. The highest BCUT2D eigenvalue weighted by Crippen LogP contribution is 2.12. The fourth-order valence-corrected chi connectivity index (χ4v) is 0.759. The first kappa shape index (κ1) is 5.06. The highest BCUT2D eigenvalue weighted by Gasteiger charge is 2.21. The molecule has 2 nitrogen and oxygen atoms in total. The standard InChI is InChI=1S/C5H11NO/c1-3-5-6(2)4-7-5/h5H,3-4H2,1-2H3. The second-order valence-electron chi connectivity index (χ2n) is 1.92. The number of hydrogen-bond donors (Lipinski definition) is 0. The van der Waals surface area contributed by atoms with Crippen molar-refractivity contribution in [1.29, 1.82) is 0 Å². The summed E-state index contributed by atoms with van der Waals surface area (Å²) in [5, 5.41) is 0. The lowest BCUT2D eigenvalue weighted by Gasteiger charge is -2.36. The normalized spacial score (nSPS) is 32.6. The van der Waals surface area contributed by atoms with Crippen molar-refractivity contribution in [3.63, 3.8) is 0 Å². The van der Waals surface area contributed by atoms with Gasteiger partial charge < -0.3 is 4.74 Å². The molecular weight excluding hydrogens is 90.1 g/mol. The van der Waals surface area contributed by atoms with Crippen LogP contribution in [0.25, 0.3) is 0 Å². The fourth-order valence-electron chi connectivity index (χ4n) is 0.759. The number of hydrogen-bond acceptors (Lipinski definition) is 2. The smallest absolute Gasteiger partial charge is 0.113 e. The van der Waals surface area contributed by atoms with Crippen molar-refractivity contribution < 1.29 is 4.74 Å². The van der Waals surface area contributed by atoms with Crippen LogP contribution in [-0.2, 0) is 4.74 Å². The van der Waals surface area contributed by atoms with Gasteiger partial charge in [0.05, 0.1) is 0 Å². The van der Waals surface area contributed by atoms with Gasteiger partial charge in [0.15, 0.2) is 0 Å². The first-order valence-corrected chi connectivity index (χ1v) is 2.66. The van der Waals surface area contributed by atoms with Crippen LogP contribution in [0, 0.1) is 0 Å². The van der Waals surface area contributed by atoms with Gasteiger partial charge in [-0.15, -0.1) is 0 Å². The van der Waals surface area contributed by atoms with E-state index in [-0.39, 0.29) is 0 Å². The van der Waals surface area contributed by atoms with Gasteiger partial charge in [-0.05, 0) is 13.5 Å². The molecule has 0 N–H and O–H groups in total. The summed E-state index contributed by atoms with van der Waals surface area (Å²) < 4.78 is 5.12. The van der Waals surface area contributed by atoms with E-state index in [0.717, 1.165) is 13.2 Å². The lowest BCUT2D eigenvalue weighted by atomic mass is 10.3. The summed E-state index contributed by atoms with van der Waals surface area (Å²) in [5.74, 6) is 0. The monoisotopic (exact) mass is 101 g/mol. The largest absolute Gasteiger partial charge is 0.348 e. The zero-order valence-corrected chi connectivity index (χ0v) is 4.85. The van der Waals surface area contributed by atoms with Crippen LogP contribution >= 0.6 is 0 Å². The van der Waals surface area contributed by atoms with Crippen LogP contribution < -0.4 is 0 Å². The Balaban J connectivity index is 2.16. The van der Waals surface area contributed by atoms with Crippen molar-refractivity contribution in [3.05, 3.63) is 0 Å². The molecule has 0 amide bonds. The molecule has 0 radical (unpaired) electrons. The molecule has 1 rings (SSSR count). The molecule has 0 saturated carbocycles. The lowest BCUT2D eigenvalue weighted by Crippen LogP contribution is -2.46. The third kappa shape index (κ3) is 0.763.